The molecule has 0 aliphatic carbocycles. The molecular formula is C25H21ClN2O4. The molecule has 6 nitrogen and oxygen atoms in total. The second-order valence-corrected chi connectivity index (χ2v) is 7.74. The van der Waals surface area contributed by atoms with E-state index in [4.69, 9.17) is 16.3 Å². The number of carbonyl (C=O) groups excluding carboxylic acids is 2. The number of Topliss-reactive ketones (excluding diaryl/α,β-unsaturated/α-hetero) is 1. The normalized spacial score (nSPS) is 17.6. The molecule has 2 heterocycles. The average Bonchev–Trinajstić information content (AvgIpc) is 3.05. The molecule has 1 N–H and O–H groups in total. The number of aliphatic hydroxyl groups is 1. The first-order valence-electron chi connectivity index (χ1n) is 10.2. The van der Waals surface area contributed by atoms with E-state index < -0.39 is 17.7 Å². The number of nitrogens with zero attached hydrogens (tertiary/aromatic N) is 2. The Hall–Kier alpha value is -3.64. The van der Waals surface area contributed by atoms with Crippen molar-refractivity contribution in [3.05, 3.63) is 100 Å². The van der Waals surface area contributed by atoms with Crippen LogP contribution in [0.2, 0.25) is 5.02 Å². The van der Waals surface area contributed by atoms with Crippen LogP contribution in [0.25, 0.3) is 5.76 Å². The Kier molecular flexibility index (Phi) is 6.23. The highest BCUT2D eigenvalue weighted by atomic mass is 35.5. The van der Waals surface area contributed by atoms with Crippen LogP contribution in [0.4, 0.5) is 0 Å². The van der Waals surface area contributed by atoms with Gasteiger partial charge in [-0.2, -0.15) is 0 Å². The number of pyridine rings is 1. The van der Waals surface area contributed by atoms with Gasteiger partial charge in [-0.1, -0.05) is 29.8 Å². The number of carbonyl (C=O) groups is 2. The molecule has 4 rings (SSSR count). The average molecular weight is 449 g/mol. The predicted molar refractivity (Wildman–Crippen MR) is 121 cm³/mol. The maximum absolute atomic E-state index is 13.1. The minimum absolute atomic E-state index is 0.0230. The van der Waals surface area contributed by atoms with Crippen molar-refractivity contribution in [3.63, 3.8) is 0 Å². The minimum Gasteiger partial charge on any atom is -0.507 e. The molecule has 7 heteroatoms. The van der Waals surface area contributed by atoms with Crippen LogP contribution in [0, 0.1) is 0 Å². The molecule has 1 saturated heterocycles. The van der Waals surface area contributed by atoms with E-state index >= 15 is 0 Å². The van der Waals surface area contributed by atoms with E-state index in [2.05, 4.69) is 4.98 Å². The second-order valence-electron chi connectivity index (χ2n) is 7.30. The largest absolute Gasteiger partial charge is 0.507 e. The summed E-state index contributed by atoms with van der Waals surface area (Å²) in [6, 6.07) is 16.5. The van der Waals surface area contributed by atoms with Crippen LogP contribution in [0.15, 0.2) is 78.6 Å². The number of benzene rings is 2. The molecule has 162 valence electrons. The number of hydrogen-bond donors (Lipinski definition) is 1. The van der Waals surface area contributed by atoms with Crippen molar-refractivity contribution in [1.82, 2.24) is 9.88 Å². The Labute approximate surface area is 190 Å². The van der Waals surface area contributed by atoms with Crippen LogP contribution in [-0.2, 0) is 16.1 Å². The third-order valence-corrected chi connectivity index (χ3v) is 5.47. The number of ketones is 1. The van der Waals surface area contributed by atoms with Gasteiger partial charge in [0.05, 0.1) is 18.2 Å². The molecule has 1 aliphatic heterocycles. The van der Waals surface area contributed by atoms with Gasteiger partial charge in [-0.3, -0.25) is 14.6 Å². The minimum atomic E-state index is -0.786. The van der Waals surface area contributed by atoms with Gasteiger partial charge in [0.25, 0.3) is 11.7 Å². The van der Waals surface area contributed by atoms with Crippen LogP contribution in [-0.4, -0.2) is 33.3 Å². The summed E-state index contributed by atoms with van der Waals surface area (Å²) in [6.45, 7) is 2.52. The zero-order valence-corrected chi connectivity index (χ0v) is 18.1. The highest BCUT2D eigenvalue weighted by Crippen LogP contribution is 2.41. The van der Waals surface area contributed by atoms with Gasteiger partial charge < -0.3 is 14.7 Å². The summed E-state index contributed by atoms with van der Waals surface area (Å²) in [7, 11) is 0. The molecule has 2 aromatic carbocycles. The topological polar surface area (TPSA) is 79.7 Å². The third-order valence-electron chi connectivity index (χ3n) is 5.22. The fourth-order valence-electron chi connectivity index (χ4n) is 3.78. The summed E-state index contributed by atoms with van der Waals surface area (Å²) < 4.78 is 5.62. The quantitative estimate of drug-likeness (QED) is 0.334. The summed E-state index contributed by atoms with van der Waals surface area (Å²) in [5.41, 5.74) is 1.86. The Morgan fingerprint density at radius 3 is 2.59 bits per heavy atom. The molecule has 32 heavy (non-hydrogen) atoms. The number of halogens is 1. The van der Waals surface area contributed by atoms with Crippen LogP contribution >= 0.6 is 11.6 Å². The number of aliphatic hydroxyl groups excluding tert-OH is 1. The monoisotopic (exact) mass is 448 g/mol. The van der Waals surface area contributed by atoms with Crippen LogP contribution in [0.1, 0.15) is 29.7 Å². The molecule has 1 atom stereocenters. The van der Waals surface area contributed by atoms with E-state index in [0.29, 0.717) is 28.5 Å². The van der Waals surface area contributed by atoms with Crippen molar-refractivity contribution in [2.24, 2.45) is 0 Å². The van der Waals surface area contributed by atoms with Crippen molar-refractivity contribution < 1.29 is 19.4 Å². The van der Waals surface area contributed by atoms with Gasteiger partial charge >= 0.3 is 0 Å². The molecule has 0 bridgehead atoms. The van der Waals surface area contributed by atoms with Gasteiger partial charge in [0.2, 0.25) is 0 Å². The van der Waals surface area contributed by atoms with Crippen molar-refractivity contribution >= 4 is 29.1 Å². The van der Waals surface area contributed by atoms with E-state index in [1.165, 1.54) is 4.90 Å². The molecule has 1 unspecified atom stereocenters. The Balaban J connectivity index is 1.86. The van der Waals surface area contributed by atoms with E-state index in [9.17, 15) is 14.7 Å². The second kappa shape index (κ2) is 9.24. The molecular weight excluding hydrogens is 428 g/mol. The fraction of sp³-hybridized carbons (Fsp3) is 0.160. The molecule has 1 aliphatic rings. The summed E-state index contributed by atoms with van der Waals surface area (Å²) >= 11 is 5.97. The lowest BCUT2D eigenvalue weighted by atomic mass is 9.95. The highest BCUT2D eigenvalue weighted by Gasteiger charge is 2.46. The van der Waals surface area contributed by atoms with Gasteiger partial charge in [-0.25, -0.2) is 0 Å². The van der Waals surface area contributed by atoms with Crippen molar-refractivity contribution in [1.29, 1.82) is 0 Å². The maximum atomic E-state index is 13.1. The van der Waals surface area contributed by atoms with E-state index in [-0.39, 0.29) is 17.9 Å². The van der Waals surface area contributed by atoms with Crippen LogP contribution in [0.5, 0.6) is 5.75 Å². The smallest absolute Gasteiger partial charge is 0.295 e. The van der Waals surface area contributed by atoms with E-state index in [1.807, 2.05) is 19.1 Å². The maximum Gasteiger partial charge on any atom is 0.295 e. The number of hydrogen-bond acceptors (Lipinski definition) is 5. The molecule has 1 amide bonds. The molecule has 1 aromatic heterocycles. The van der Waals surface area contributed by atoms with Crippen molar-refractivity contribution in [2.75, 3.05) is 6.61 Å². The lowest BCUT2D eigenvalue weighted by molar-refractivity contribution is -0.140. The predicted octanol–water partition coefficient (Wildman–Crippen LogP) is 4.76. The zero-order valence-electron chi connectivity index (χ0n) is 17.4. The molecule has 0 spiro atoms. The molecule has 3 aromatic rings. The zero-order chi connectivity index (χ0) is 22.7. The van der Waals surface area contributed by atoms with Crippen molar-refractivity contribution in [3.8, 4) is 5.75 Å². The Morgan fingerprint density at radius 1 is 1.12 bits per heavy atom. The number of ether oxygens (including phenoxy) is 1. The fourth-order valence-corrected chi connectivity index (χ4v) is 3.91. The number of aromatic nitrogens is 1. The Morgan fingerprint density at radius 2 is 1.91 bits per heavy atom. The van der Waals surface area contributed by atoms with E-state index in [1.54, 1.807) is 60.9 Å². The van der Waals surface area contributed by atoms with Crippen LogP contribution < -0.4 is 4.74 Å². The SMILES string of the molecule is CCOc1cccc(C2C(=C(O)c3ccc(Cl)cc3)C(=O)C(=O)N2Cc2cccnc2)c1. The summed E-state index contributed by atoms with van der Waals surface area (Å²) in [6.07, 6.45) is 3.29. The van der Waals surface area contributed by atoms with Crippen molar-refractivity contribution in [2.45, 2.75) is 19.5 Å². The van der Waals surface area contributed by atoms with Gasteiger partial charge in [-0.05, 0) is 60.5 Å². The summed E-state index contributed by atoms with van der Waals surface area (Å²) in [5.74, 6) is -1.06. The van der Waals surface area contributed by atoms with E-state index in [0.717, 1.165) is 5.56 Å². The standard InChI is InChI=1S/C25H21ClN2O4/c1-2-32-20-7-3-6-18(13-20)22-21(23(29)17-8-10-19(26)11-9-17)24(30)25(31)28(22)15-16-5-4-12-27-14-16/h3-14,22,29H,2,15H2,1H3. The highest BCUT2D eigenvalue weighted by molar-refractivity contribution is 6.46. The van der Waals surface area contributed by atoms with Gasteiger partial charge in [0.1, 0.15) is 11.5 Å². The number of rotatable bonds is 6. The third kappa shape index (κ3) is 4.22. The van der Waals surface area contributed by atoms with Crippen LogP contribution in [0.3, 0.4) is 0 Å². The van der Waals surface area contributed by atoms with Gasteiger partial charge in [-0.15, -0.1) is 0 Å². The first-order valence-corrected chi connectivity index (χ1v) is 10.5. The lowest BCUT2D eigenvalue weighted by Gasteiger charge is -2.25. The van der Waals surface area contributed by atoms with Gasteiger partial charge in [0.15, 0.2) is 0 Å². The summed E-state index contributed by atoms with van der Waals surface area (Å²) in [4.78, 5) is 31.7. The number of amides is 1. The van der Waals surface area contributed by atoms with Gasteiger partial charge in [0, 0.05) is 29.5 Å². The first-order chi connectivity index (χ1) is 15.5. The molecule has 1 fully saturated rings. The Bertz CT molecular complexity index is 1180. The lowest BCUT2D eigenvalue weighted by Crippen LogP contribution is -2.29. The molecule has 0 radical (unpaired) electrons. The first kappa shape index (κ1) is 21.6. The number of likely N-dealkylation sites (tertiary alicyclic amines) is 1. The molecule has 0 saturated carbocycles. The summed E-state index contributed by atoms with van der Waals surface area (Å²) in [5, 5.41) is 11.6.